The summed E-state index contributed by atoms with van der Waals surface area (Å²) in [4.78, 5) is 12.1. The first kappa shape index (κ1) is 17.5. The molecule has 3 rings (SSSR count). The molecule has 0 aromatic heterocycles. The van der Waals surface area contributed by atoms with Gasteiger partial charge in [-0.1, -0.05) is 23.7 Å². The predicted molar refractivity (Wildman–Crippen MR) is 90.8 cm³/mol. The summed E-state index contributed by atoms with van der Waals surface area (Å²) < 4.78 is 36.8. The molecule has 0 saturated carbocycles. The van der Waals surface area contributed by atoms with Crippen molar-refractivity contribution in [2.75, 3.05) is 19.8 Å². The fourth-order valence-electron chi connectivity index (χ4n) is 3.36. The molecule has 5 nitrogen and oxygen atoms in total. The van der Waals surface area contributed by atoms with Crippen molar-refractivity contribution in [1.82, 2.24) is 0 Å². The summed E-state index contributed by atoms with van der Waals surface area (Å²) in [5.41, 5.74) is 1.78. The highest BCUT2D eigenvalue weighted by Crippen LogP contribution is 2.44. The van der Waals surface area contributed by atoms with E-state index in [1.807, 2.05) is 12.1 Å². The second-order valence-electron chi connectivity index (χ2n) is 5.84. The Morgan fingerprint density at radius 1 is 1.38 bits per heavy atom. The number of esters is 1. The molecule has 7 heteroatoms. The Balaban J connectivity index is 1.98. The molecular formula is C17H19ClO5S. The molecule has 0 spiro atoms. The second kappa shape index (κ2) is 6.86. The van der Waals surface area contributed by atoms with Gasteiger partial charge in [-0.15, -0.1) is 0 Å². The molecule has 0 bridgehead atoms. The zero-order valence-electron chi connectivity index (χ0n) is 13.3. The topological polar surface area (TPSA) is 69.7 Å². The molecule has 0 saturated heterocycles. The van der Waals surface area contributed by atoms with Crippen molar-refractivity contribution in [2.45, 2.75) is 30.3 Å². The van der Waals surface area contributed by atoms with Crippen LogP contribution in [0.15, 0.2) is 29.8 Å². The van der Waals surface area contributed by atoms with Gasteiger partial charge >= 0.3 is 5.97 Å². The first-order chi connectivity index (χ1) is 11.5. The van der Waals surface area contributed by atoms with Crippen LogP contribution in [0.25, 0.3) is 0 Å². The minimum absolute atomic E-state index is 0.0384. The van der Waals surface area contributed by atoms with E-state index >= 15 is 0 Å². The van der Waals surface area contributed by atoms with E-state index in [0.717, 1.165) is 5.56 Å². The molecule has 0 unspecified atom stereocenters. The van der Waals surface area contributed by atoms with Crippen LogP contribution < -0.4 is 0 Å². The maximum atomic E-state index is 13.2. The number of hydrogen-bond acceptors (Lipinski definition) is 5. The Morgan fingerprint density at radius 2 is 2.17 bits per heavy atom. The van der Waals surface area contributed by atoms with E-state index in [2.05, 4.69) is 0 Å². The molecular weight excluding hydrogens is 352 g/mol. The summed E-state index contributed by atoms with van der Waals surface area (Å²) in [6.45, 7) is 2.06. The lowest BCUT2D eigenvalue weighted by molar-refractivity contribution is -0.139. The van der Waals surface area contributed by atoms with E-state index in [1.165, 1.54) is 6.08 Å². The van der Waals surface area contributed by atoms with Crippen molar-refractivity contribution in [3.8, 4) is 0 Å². The van der Waals surface area contributed by atoms with Gasteiger partial charge in [-0.25, -0.2) is 13.2 Å². The number of ether oxygens (including phenoxy) is 2. The Labute approximate surface area is 146 Å². The largest absolute Gasteiger partial charge is 0.463 e. The first-order valence-corrected chi connectivity index (χ1v) is 9.90. The highest BCUT2D eigenvalue weighted by atomic mass is 35.5. The van der Waals surface area contributed by atoms with Crippen molar-refractivity contribution >= 4 is 27.4 Å². The Bertz CT molecular complexity index is 784. The van der Waals surface area contributed by atoms with E-state index in [4.69, 9.17) is 21.1 Å². The van der Waals surface area contributed by atoms with Crippen LogP contribution in [0.2, 0.25) is 5.02 Å². The van der Waals surface area contributed by atoms with Crippen molar-refractivity contribution in [1.29, 1.82) is 0 Å². The normalized spacial score (nSPS) is 23.5. The number of hydrogen-bond donors (Lipinski definition) is 0. The monoisotopic (exact) mass is 370 g/mol. The molecule has 1 aliphatic heterocycles. The van der Waals surface area contributed by atoms with Crippen molar-refractivity contribution in [3.63, 3.8) is 0 Å². The molecule has 0 fully saturated rings. The van der Waals surface area contributed by atoms with Crippen LogP contribution in [0.5, 0.6) is 0 Å². The number of rotatable bonds is 4. The molecule has 130 valence electrons. The van der Waals surface area contributed by atoms with Crippen LogP contribution in [-0.4, -0.2) is 39.5 Å². The summed E-state index contributed by atoms with van der Waals surface area (Å²) in [7, 11) is -3.69. The average Bonchev–Trinajstić information content (AvgIpc) is 3.01. The highest BCUT2D eigenvalue weighted by Gasteiger charge is 2.44. The minimum Gasteiger partial charge on any atom is -0.463 e. The quantitative estimate of drug-likeness (QED) is 0.762. The smallest absolute Gasteiger partial charge is 0.335 e. The van der Waals surface area contributed by atoms with E-state index in [9.17, 15) is 13.2 Å². The summed E-state index contributed by atoms with van der Waals surface area (Å²) >= 11 is 6.26. The SMILES string of the molecule is CCOC(=O)C1=CCOC[C@H]1S(=O)(=O)[C@H]1CCc2cccc(Cl)c21. The van der Waals surface area contributed by atoms with Crippen LogP contribution >= 0.6 is 11.6 Å². The van der Waals surface area contributed by atoms with Crippen LogP contribution in [0.1, 0.15) is 29.7 Å². The van der Waals surface area contributed by atoms with Gasteiger partial charge in [-0.3, -0.25) is 0 Å². The van der Waals surface area contributed by atoms with Gasteiger partial charge in [-0.2, -0.15) is 0 Å². The minimum atomic E-state index is -3.69. The zero-order chi connectivity index (χ0) is 17.3. The molecule has 0 radical (unpaired) electrons. The predicted octanol–water partition coefficient (Wildman–Crippen LogP) is 2.63. The molecule has 2 atom stereocenters. The number of halogens is 1. The third-order valence-electron chi connectivity index (χ3n) is 4.48. The lowest BCUT2D eigenvalue weighted by Gasteiger charge is -2.26. The van der Waals surface area contributed by atoms with Gasteiger partial charge < -0.3 is 9.47 Å². The van der Waals surface area contributed by atoms with E-state index in [0.29, 0.717) is 23.4 Å². The van der Waals surface area contributed by atoms with Crippen molar-refractivity contribution in [3.05, 3.63) is 46.0 Å². The fraction of sp³-hybridized carbons (Fsp3) is 0.471. The highest BCUT2D eigenvalue weighted by molar-refractivity contribution is 7.92. The molecule has 2 aliphatic rings. The molecule has 1 aromatic rings. The third-order valence-corrected chi connectivity index (χ3v) is 7.26. The number of carbonyl (C=O) groups is 1. The van der Waals surface area contributed by atoms with Crippen LogP contribution in [0, 0.1) is 0 Å². The summed E-state index contributed by atoms with van der Waals surface area (Å²) in [6, 6.07) is 5.42. The van der Waals surface area contributed by atoms with Gasteiger partial charge in [0.1, 0.15) is 5.25 Å². The van der Waals surface area contributed by atoms with Gasteiger partial charge in [0, 0.05) is 5.02 Å². The van der Waals surface area contributed by atoms with E-state index in [1.54, 1.807) is 13.0 Å². The maximum Gasteiger partial charge on any atom is 0.335 e. The maximum absolute atomic E-state index is 13.2. The van der Waals surface area contributed by atoms with Gasteiger partial charge in [-0.05, 0) is 43.0 Å². The standard InChI is InChI=1S/C17H19ClO5S/c1-2-23-17(19)12-8-9-22-10-15(12)24(20,21)14-7-6-11-4-3-5-13(18)16(11)14/h3-5,8,14-15H,2,6-7,9-10H2,1H3/t14-,15+/m0/s1. The molecule has 0 amide bonds. The van der Waals surface area contributed by atoms with Gasteiger partial charge in [0.15, 0.2) is 9.84 Å². The van der Waals surface area contributed by atoms with Gasteiger partial charge in [0.25, 0.3) is 0 Å². The number of benzene rings is 1. The molecule has 1 heterocycles. The number of carbonyl (C=O) groups excluding carboxylic acids is 1. The van der Waals surface area contributed by atoms with Crippen molar-refractivity contribution < 1.29 is 22.7 Å². The third kappa shape index (κ3) is 2.98. The number of sulfone groups is 1. The zero-order valence-corrected chi connectivity index (χ0v) is 14.9. The Hall–Kier alpha value is -1.37. The molecule has 1 aliphatic carbocycles. The first-order valence-electron chi connectivity index (χ1n) is 7.91. The Kier molecular flexibility index (Phi) is 4.99. The summed E-state index contributed by atoms with van der Waals surface area (Å²) in [6.07, 6.45) is 2.63. The fourth-order valence-corrected chi connectivity index (χ4v) is 6.04. The van der Waals surface area contributed by atoms with E-state index < -0.39 is 26.3 Å². The summed E-state index contributed by atoms with van der Waals surface area (Å²) in [5, 5.41) is -1.28. The lowest BCUT2D eigenvalue weighted by Crippen LogP contribution is -2.38. The lowest BCUT2D eigenvalue weighted by atomic mass is 10.1. The number of fused-ring (bicyclic) bond motifs is 1. The van der Waals surface area contributed by atoms with E-state index in [-0.39, 0.29) is 25.4 Å². The average molecular weight is 371 g/mol. The second-order valence-corrected chi connectivity index (χ2v) is 8.56. The van der Waals surface area contributed by atoms with Crippen LogP contribution in [0.4, 0.5) is 0 Å². The molecule has 1 aromatic carbocycles. The molecule has 0 N–H and O–H groups in total. The van der Waals surface area contributed by atoms with Crippen LogP contribution in [-0.2, 0) is 30.5 Å². The number of aryl methyl sites for hydroxylation is 1. The van der Waals surface area contributed by atoms with Crippen molar-refractivity contribution in [2.24, 2.45) is 0 Å². The Morgan fingerprint density at radius 3 is 2.92 bits per heavy atom. The van der Waals surface area contributed by atoms with Crippen LogP contribution in [0.3, 0.4) is 0 Å². The molecule has 24 heavy (non-hydrogen) atoms. The van der Waals surface area contributed by atoms with Gasteiger partial charge in [0.05, 0.1) is 30.6 Å². The van der Waals surface area contributed by atoms with Gasteiger partial charge in [0.2, 0.25) is 0 Å². The summed E-state index contributed by atoms with van der Waals surface area (Å²) in [5.74, 6) is -0.591.